The summed E-state index contributed by atoms with van der Waals surface area (Å²) in [5.74, 6) is 1.18. The number of methoxy groups -OCH3 is 1. The van der Waals surface area contributed by atoms with E-state index in [1.165, 1.54) is 17.5 Å². The number of halogens is 1. The Morgan fingerprint density at radius 3 is 1.92 bits per heavy atom. The first-order valence-electron chi connectivity index (χ1n) is 7.65. The first-order chi connectivity index (χ1) is 11.8. The Bertz CT molecular complexity index is 740. The molecule has 0 fully saturated rings. The Labute approximate surface area is 146 Å². The Morgan fingerprint density at radius 1 is 0.875 bits per heavy atom. The zero-order valence-electron chi connectivity index (χ0n) is 13.4. The van der Waals surface area contributed by atoms with E-state index in [2.05, 4.69) is 39.1 Å². The highest BCUT2D eigenvalue weighted by molar-refractivity contribution is 6.31. The second-order valence-electron chi connectivity index (χ2n) is 5.35. The molecule has 0 atom stereocenters. The van der Waals surface area contributed by atoms with E-state index in [-0.39, 0.29) is 0 Å². The van der Waals surface area contributed by atoms with Gasteiger partial charge in [-0.15, -0.1) is 0 Å². The summed E-state index contributed by atoms with van der Waals surface area (Å²) in [6, 6.07) is 20.5. The zero-order valence-corrected chi connectivity index (χ0v) is 14.1. The molecule has 3 aromatic rings. The highest BCUT2D eigenvalue weighted by Gasteiger charge is 2.18. The van der Waals surface area contributed by atoms with Gasteiger partial charge in [0.1, 0.15) is 6.33 Å². The van der Waals surface area contributed by atoms with Crippen molar-refractivity contribution in [1.29, 1.82) is 0 Å². The minimum absolute atomic E-state index is 0.314. The maximum absolute atomic E-state index is 6.18. The topological polar surface area (TPSA) is 38.3 Å². The maximum atomic E-state index is 6.18. The lowest BCUT2D eigenvalue weighted by atomic mass is 10.1. The van der Waals surface area contributed by atoms with Gasteiger partial charge < -0.3 is 9.64 Å². The van der Waals surface area contributed by atoms with Gasteiger partial charge in [-0.1, -0.05) is 72.3 Å². The molecular weight excluding hydrogens is 322 g/mol. The lowest BCUT2D eigenvalue weighted by molar-refractivity contribution is 0.410. The molecule has 5 heteroatoms. The highest BCUT2D eigenvalue weighted by atomic mass is 35.5. The number of rotatable bonds is 6. The van der Waals surface area contributed by atoms with E-state index in [1.54, 1.807) is 7.11 Å². The largest absolute Gasteiger partial charge is 0.490 e. The summed E-state index contributed by atoms with van der Waals surface area (Å²) in [5.41, 5.74) is 2.37. The molecule has 2 aromatic carbocycles. The van der Waals surface area contributed by atoms with Crippen molar-refractivity contribution in [3.63, 3.8) is 0 Å². The summed E-state index contributed by atoms with van der Waals surface area (Å²) in [6.45, 7) is 1.39. The van der Waals surface area contributed by atoms with E-state index in [1.807, 2.05) is 36.4 Å². The van der Waals surface area contributed by atoms with Crippen molar-refractivity contribution in [3.05, 3.63) is 83.3 Å². The van der Waals surface area contributed by atoms with Crippen LogP contribution in [0.4, 0.5) is 5.82 Å². The summed E-state index contributed by atoms with van der Waals surface area (Å²) in [6.07, 6.45) is 1.46. The number of hydrogen-bond acceptors (Lipinski definition) is 4. The standard InChI is InChI=1S/C19H18ClN3O/c1-24-17-18(20)21-14-22-19(17)23(12-15-8-4-2-5-9-15)13-16-10-6-3-7-11-16/h2-11,14H,12-13H2,1H3. The monoisotopic (exact) mass is 339 g/mol. The van der Waals surface area contributed by atoms with Crippen molar-refractivity contribution >= 4 is 17.4 Å². The molecule has 3 rings (SSSR count). The summed E-state index contributed by atoms with van der Waals surface area (Å²) in [7, 11) is 1.58. The molecule has 0 spiro atoms. The van der Waals surface area contributed by atoms with E-state index >= 15 is 0 Å². The second kappa shape index (κ2) is 7.79. The Morgan fingerprint density at radius 2 is 1.42 bits per heavy atom. The fourth-order valence-electron chi connectivity index (χ4n) is 2.56. The van der Waals surface area contributed by atoms with Crippen LogP contribution in [-0.2, 0) is 13.1 Å². The quantitative estimate of drug-likeness (QED) is 0.626. The molecule has 0 saturated heterocycles. The van der Waals surface area contributed by atoms with Crippen LogP contribution in [0.3, 0.4) is 0 Å². The summed E-state index contributed by atoms with van der Waals surface area (Å²) < 4.78 is 5.43. The Kier molecular flexibility index (Phi) is 5.29. The van der Waals surface area contributed by atoms with Crippen LogP contribution in [0, 0.1) is 0 Å². The molecule has 0 aliphatic heterocycles. The van der Waals surface area contributed by atoms with Crippen molar-refractivity contribution in [1.82, 2.24) is 9.97 Å². The molecule has 0 saturated carbocycles. The van der Waals surface area contributed by atoms with Crippen molar-refractivity contribution in [2.45, 2.75) is 13.1 Å². The molecule has 122 valence electrons. The zero-order chi connectivity index (χ0) is 16.8. The van der Waals surface area contributed by atoms with Gasteiger partial charge in [0, 0.05) is 13.1 Å². The number of aromatic nitrogens is 2. The molecule has 1 aromatic heterocycles. The van der Waals surface area contributed by atoms with Gasteiger partial charge in [-0.05, 0) is 11.1 Å². The fraction of sp³-hybridized carbons (Fsp3) is 0.158. The van der Waals surface area contributed by atoms with Crippen molar-refractivity contribution in [2.24, 2.45) is 0 Å². The van der Waals surface area contributed by atoms with Crippen molar-refractivity contribution < 1.29 is 4.74 Å². The van der Waals surface area contributed by atoms with Crippen LogP contribution in [0.25, 0.3) is 0 Å². The molecule has 0 radical (unpaired) electrons. The molecule has 0 amide bonds. The molecule has 0 aliphatic rings. The third-order valence-corrected chi connectivity index (χ3v) is 3.95. The van der Waals surface area contributed by atoms with Crippen molar-refractivity contribution in [3.8, 4) is 5.75 Å². The molecule has 24 heavy (non-hydrogen) atoms. The van der Waals surface area contributed by atoms with Gasteiger partial charge in [-0.2, -0.15) is 0 Å². The van der Waals surface area contributed by atoms with Gasteiger partial charge in [0.2, 0.25) is 0 Å². The number of nitrogens with zero attached hydrogens (tertiary/aromatic N) is 3. The number of hydrogen-bond donors (Lipinski definition) is 0. The summed E-state index contributed by atoms with van der Waals surface area (Å²) in [4.78, 5) is 10.6. The summed E-state index contributed by atoms with van der Waals surface area (Å²) in [5, 5.41) is 0.314. The van der Waals surface area contributed by atoms with Crippen LogP contribution < -0.4 is 9.64 Å². The smallest absolute Gasteiger partial charge is 0.199 e. The van der Waals surface area contributed by atoms with Gasteiger partial charge in [0.05, 0.1) is 7.11 Å². The van der Waals surface area contributed by atoms with Crippen LogP contribution in [0.2, 0.25) is 5.15 Å². The summed E-state index contributed by atoms with van der Waals surface area (Å²) >= 11 is 6.18. The SMILES string of the molecule is COc1c(Cl)ncnc1N(Cc1ccccc1)Cc1ccccc1. The van der Waals surface area contributed by atoms with Crippen LogP contribution in [0.5, 0.6) is 5.75 Å². The lowest BCUT2D eigenvalue weighted by Gasteiger charge is -2.25. The number of anilines is 1. The molecule has 1 heterocycles. The first-order valence-corrected chi connectivity index (χ1v) is 8.03. The van der Waals surface area contributed by atoms with Crippen LogP contribution in [0.15, 0.2) is 67.0 Å². The third-order valence-electron chi connectivity index (χ3n) is 3.68. The van der Waals surface area contributed by atoms with E-state index in [0.717, 1.165) is 0 Å². The average molecular weight is 340 g/mol. The lowest BCUT2D eigenvalue weighted by Crippen LogP contribution is -2.24. The predicted molar refractivity (Wildman–Crippen MR) is 96.4 cm³/mol. The molecule has 0 aliphatic carbocycles. The first kappa shape index (κ1) is 16.3. The minimum Gasteiger partial charge on any atom is -0.490 e. The molecule has 0 N–H and O–H groups in total. The highest BCUT2D eigenvalue weighted by Crippen LogP contribution is 2.33. The van der Waals surface area contributed by atoms with Gasteiger partial charge >= 0.3 is 0 Å². The van der Waals surface area contributed by atoms with Crippen LogP contribution >= 0.6 is 11.6 Å². The third kappa shape index (κ3) is 3.84. The van der Waals surface area contributed by atoms with Crippen LogP contribution in [0.1, 0.15) is 11.1 Å². The average Bonchev–Trinajstić information content (AvgIpc) is 2.63. The number of ether oxygens (including phenoxy) is 1. The maximum Gasteiger partial charge on any atom is 0.199 e. The van der Waals surface area contributed by atoms with Crippen LogP contribution in [-0.4, -0.2) is 17.1 Å². The predicted octanol–water partition coefficient (Wildman–Crippen LogP) is 4.35. The Hall–Kier alpha value is -2.59. The van der Waals surface area contributed by atoms with E-state index in [9.17, 15) is 0 Å². The fourth-order valence-corrected chi connectivity index (χ4v) is 2.76. The molecule has 0 unspecified atom stereocenters. The minimum atomic E-state index is 0.314. The van der Waals surface area contributed by atoms with Gasteiger partial charge in [-0.3, -0.25) is 0 Å². The molecular formula is C19H18ClN3O. The van der Waals surface area contributed by atoms with Gasteiger partial charge in [0.15, 0.2) is 16.7 Å². The van der Waals surface area contributed by atoms with E-state index in [4.69, 9.17) is 16.3 Å². The van der Waals surface area contributed by atoms with E-state index < -0.39 is 0 Å². The second-order valence-corrected chi connectivity index (χ2v) is 5.71. The van der Waals surface area contributed by atoms with E-state index in [0.29, 0.717) is 29.8 Å². The number of benzene rings is 2. The van der Waals surface area contributed by atoms with Gasteiger partial charge in [0.25, 0.3) is 0 Å². The molecule has 4 nitrogen and oxygen atoms in total. The molecule has 0 bridgehead atoms. The normalized spacial score (nSPS) is 10.4. The Balaban J connectivity index is 1.97. The van der Waals surface area contributed by atoms with Gasteiger partial charge in [-0.25, -0.2) is 9.97 Å². The van der Waals surface area contributed by atoms with Crippen molar-refractivity contribution in [2.75, 3.05) is 12.0 Å².